The predicted octanol–water partition coefficient (Wildman–Crippen LogP) is 0.652. The van der Waals surface area contributed by atoms with Crippen LogP contribution in [-0.4, -0.2) is 27.0 Å². The molecule has 6 heteroatoms. The van der Waals surface area contributed by atoms with E-state index in [1.165, 1.54) is 12.1 Å². The summed E-state index contributed by atoms with van der Waals surface area (Å²) in [5, 5.41) is 5.05. The second kappa shape index (κ2) is 4.53. The molecular weight excluding hydrogens is 250 g/mol. The number of hydrogen-bond donors (Lipinski definition) is 2. The van der Waals surface area contributed by atoms with Gasteiger partial charge >= 0.3 is 0 Å². The quantitative estimate of drug-likeness (QED) is 0.840. The van der Waals surface area contributed by atoms with Gasteiger partial charge in [-0.3, -0.25) is 0 Å². The molecule has 0 saturated carbocycles. The van der Waals surface area contributed by atoms with Gasteiger partial charge in [0, 0.05) is 18.8 Å². The first-order valence-electron chi connectivity index (χ1n) is 6.01. The van der Waals surface area contributed by atoms with E-state index < -0.39 is 10.0 Å². The molecule has 1 aliphatic heterocycles. The fourth-order valence-corrected chi connectivity index (χ4v) is 2.91. The van der Waals surface area contributed by atoms with Crippen LogP contribution in [0.1, 0.15) is 19.8 Å². The molecule has 0 bridgehead atoms. The number of nitrogens with two attached hydrogens (primary N) is 2. The maximum Gasteiger partial charge on any atom is 0.238 e. The Balaban J connectivity index is 2.05. The molecule has 1 aromatic carbocycles. The fourth-order valence-electron chi connectivity index (χ4n) is 2.40. The maximum absolute atomic E-state index is 11.1. The van der Waals surface area contributed by atoms with Crippen molar-refractivity contribution in [2.24, 2.45) is 10.9 Å². The van der Waals surface area contributed by atoms with Gasteiger partial charge in [-0.05, 0) is 30.7 Å². The van der Waals surface area contributed by atoms with Gasteiger partial charge < -0.3 is 10.6 Å². The maximum atomic E-state index is 11.1. The lowest BCUT2D eigenvalue weighted by Crippen LogP contribution is -2.67. The summed E-state index contributed by atoms with van der Waals surface area (Å²) < 4.78 is 22.3. The summed E-state index contributed by atoms with van der Waals surface area (Å²) >= 11 is 0. The molecule has 5 nitrogen and oxygen atoms in total. The van der Waals surface area contributed by atoms with E-state index in [4.69, 9.17) is 10.9 Å². The van der Waals surface area contributed by atoms with Crippen molar-refractivity contribution in [2.45, 2.75) is 30.2 Å². The normalized spacial score (nSPS) is 18.5. The standard InChI is InChI=1S/C12H19N3O2S/c1-2-7-12(13)8-15(9-12)10-3-5-11(6-4-10)18(14,16)17/h3-6H,2,7-9,13H2,1H3,(H2,14,16,17). The number of anilines is 1. The molecule has 1 aromatic rings. The van der Waals surface area contributed by atoms with E-state index in [1.807, 2.05) is 0 Å². The molecule has 0 radical (unpaired) electrons. The highest BCUT2D eigenvalue weighted by Crippen LogP contribution is 2.29. The molecule has 0 amide bonds. The number of primary sulfonamides is 1. The third-order valence-corrected chi connectivity index (χ3v) is 4.22. The second-order valence-corrected chi connectivity index (χ2v) is 6.57. The van der Waals surface area contributed by atoms with Crippen molar-refractivity contribution in [3.05, 3.63) is 24.3 Å². The second-order valence-electron chi connectivity index (χ2n) is 5.01. The van der Waals surface area contributed by atoms with Crippen LogP contribution >= 0.6 is 0 Å². The number of hydrogen-bond acceptors (Lipinski definition) is 4. The Kier molecular flexibility index (Phi) is 3.35. The van der Waals surface area contributed by atoms with Gasteiger partial charge in [0.25, 0.3) is 0 Å². The van der Waals surface area contributed by atoms with Crippen molar-refractivity contribution in [3.8, 4) is 0 Å². The molecule has 0 aromatic heterocycles. The summed E-state index contributed by atoms with van der Waals surface area (Å²) in [5.41, 5.74) is 7.08. The average Bonchev–Trinajstić information content (AvgIpc) is 2.25. The van der Waals surface area contributed by atoms with Gasteiger partial charge in [-0.2, -0.15) is 0 Å². The van der Waals surface area contributed by atoms with Crippen LogP contribution in [0, 0.1) is 0 Å². The van der Waals surface area contributed by atoms with Crippen LogP contribution in [0.4, 0.5) is 5.69 Å². The molecule has 1 saturated heterocycles. The van der Waals surface area contributed by atoms with Crippen LogP contribution in [0.5, 0.6) is 0 Å². The van der Waals surface area contributed by atoms with Gasteiger partial charge in [0.05, 0.1) is 10.4 Å². The van der Waals surface area contributed by atoms with Gasteiger partial charge in [0.2, 0.25) is 10.0 Å². The molecule has 2 rings (SSSR count). The minimum absolute atomic E-state index is 0.0899. The van der Waals surface area contributed by atoms with Crippen molar-refractivity contribution >= 4 is 15.7 Å². The van der Waals surface area contributed by atoms with Gasteiger partial charge in [0.1, 0.15) is 0 Å². The summed E-state index contributed by atoms with van der Waals surface area (Å²) in [6.45, 7) is 3.75. The van der Waals surface area contributed by atoms with Crippen LogP contribution in [0.15, 0.2) is 29.2 Å². The van der Waals surface area contributed by atoms with Crippen LogP contribution in [0.3, 0.4) is 0 Å². The molecule has 1 fully saturated rings. The zero-order valence-electron chi connectivity index (χ0n) is 10.5. The van der Waals surface area contributed by atoms with Crippen molar-refractivity contribution in [1.82, 2.24) is 0 Å². The smallest absolute Gasteiger partial charge is 0.238 e. The first-order chi connectivity index (χ1) is 8.34. The highest BCUT2D eigenvalue weighted by molar-refractivity contribution is 7.89. The Morgan fingerprint density at radius 2 is 1.83 bits per heavy atom. The van der Waals surface area contributed by atoms with E-state index in [9.17, 15) is 8.42 Å². The van der Waals surface area contributed by atoms with Gasteiger partial charge in [-0.1, -0.05) is 13.3 Å². The average molecular weight is 269 g/mol. The van der Waals surface area contributed by atoms with Crippen molar-refractivity contribution in [1.29, 1.82) is 0 Å². The van der Waals surface area contributed by atoms with E-state index in [-0.39, 0.29) is 10.4 Å². The molecule has 1 aliphatic rings. The summed E-state index contributed by atoms with van der Waals surface area (Å²) in [7, 11) is -3.61. The Morgan fingerprint density at radius 1 is 1.28 bits per heavy atom. The lowest BCUT2D eigenvalue weighted by molar-refractivity contribution is 0.308. The summed E-state index contributed by atoms with van der Waals surface area (Å²) in [4.78, 5) is 2.28. The molecule has 18 heavy (non-hydrogen) atoms. The van der Waals surface area contributed by atoms with Crippen LogP contribution in [0.2, 0.25) is 0 Å². The van der Waals surface area contributed by atoms with Gasteiger partial charge in [0.15, 0.2) is 0 Å². The zero-order chi connectivity index (χ0) is 13.4. The molecule has 0 atom stereocenters. The van der Waals surface area contributed by atoms with Crippen molar-refractivity contribution in [3.63, 3.8) is 0 Å². The minimum atomic E-state index is -3.61. The molecular formula is C12H19N3O2S. The Labute approximate surface area is 108 Å². The Bertz CT molecular complexity index is 519. The molecule has 0 spiro atoms. The largest absolute Gasteiger partial charge is 0.368 e. The van der Waals surface area contributed by atoms with E-state index >= 15 is 0 Å². The molecule has 1 heterocycles. The van der Waals surface area contributed by atoms with Crippen molar-refractivity contribution < 1.29 is 8.42 Å². The number of rotatable bonds is 4. The highest BCUT2D eigenvalue weighted by atomic mass is 32.2. The van der Waals surface area contributed by atoms with Gasteiger partial charge in [-0.25, -0.2) is 13.6 Å². The number of sulfonamides is 1. The third kappa shape index (κ3) is 2.66. The summed E-state index contributed by atoms with van der Waals surface area (Å²) in [6.07, 6.45) is 2.09. The molecule has 0 aliphatic carbocycles. The van der Waals surface area contributed by atoms with E-state index in [0.717, 1.165) is 31.6 Å². The van der Waals surface area contributed by atoms with E-state index in [0.29, 0.717) is 0 Å². The van der Waals surface area contributed by atoms with Gasteiger partial charge in [-0.15, -0.1) is 0 Å². The topological polar surface area (TPSA) is 89.4 Å². The van der Waals surface area contributed by atoms with E-state index in [2.05, 4.69) is 11.8 Å². The summed E-state index contributed by atoms with van der Waals surface area (Å²) in [6, 6.07) is 6.60. The summed E-state index contributed by atoms with van der Waals surface area (Å²) in [5.74, 6) is 0. The number of benzene rings is 1. The predicted molar refractivity (Wildman–Crippen MR) is 71.9 cm³/mol. The molecule has 4 N–H and O–H groups in total. The van der Waals surface area contributed by atoms with Crippen LogP contribution in [0.25, 0.3) is 0 Å². The number of nitrogens with zero attached hydrogens (tertiary/aromatic N) is 1. The monoisotopic (exact) mass is 269 g/mol. The first-order valence-corrected chi connectivity index (χ1v) is 7.55. The third-order valence-electron chi connectivity index (χ3n) is 3.29. The van der Waals surface area contributed by atoms with Crippen LogP contribution in [-0.2, 0) is 10.0 Å². The SMILES string of the molecule is CCCC1(N)CN(c2ccc(S(N)(=O)=O)cc2)C1. The van der Waals surface area contributed by atoms with Crippen LogP contribution < -0.4 is 15.8 Å². The Hall–Kier alpha value is -1.11. The van der Waals surface area contributed by atoms with E-state index in [1.54, 1.807) is 12.1 Å². The highest BCUT2D eigenvalue weighted by Gasteiger charge is 2.38. The molecule has 0 unspecified atom stereocenters. The first kappa shape index (κ1) is 13.3. The lowest BCUT2D eigenvalue weighted by atomic mass is 9.86. The minimum Gasteiger partial charge on any atom is -0.368 e. The molecule has 100 valence electrons. The Morgan fingerprint density at radius 3 is 2.28 bits per heavy atom. The lowest BCUT2D eigenvalue weighted by Gasteiger charge is -2.49. The van der Waals surface area contributed by atoms with Crippen molar-refractivity contribution in [2.75, 3.05) is 18.0 Å². The zero-order valence-corrected chi connectivity index (χ0v) is 11.3. The fraction of sp³-hybridized carbons (Fsp3) is 0.500.